The molecule has 9 heteroatoms. The number of nitrogens with zero attached hydrogens (tertiary/aromatic N) is 1. The van der Waals surface area contributed by atoms with Gasteiger partial charge in [0.05, 0.1) is 18.4 Å². The van der Waals surface area contributed by atoms with Crippen molar-refractivity contribution in [1.82, 2.24) is 9.97 Å². The van der Waals surface area contributed by atoms with Crippen LogP contribution in [0.1, 0.15) is 23.2 Å². The van der Waals surface area contributed by atoms with Crippen molar-refractivity contribution in [3.63, 3.8) is 0 Å². The molecule has 0 spiro atoms. The number of hydrogen-bond acceptors (Lipinski definition) is 7. The van der Waals surface area contributed by atoms with Crippen LogP contribution in [-0.2, 0) is 9.53 Å². The Labute approximate surface area is 148 Å². The van der Waals surface area contributed by atoms with Crippen LogP contribution in [0.2, 0.25) is 0 Å². The molecule has 0 radical (unpaired) electrons. The zero-order chi connectivity index (χ0) is 18.2. The van der Waals surface area contributed by atoms with Gasteiger partial charge in [-0.25, -0.2) is 9.78 Å². The van der Waals surface area contributed by atoms with E-state index in [2.05, 4.69) is 20.0 Å². The highest BCUT2D eigenvalue weighted by Gasteiger charge is 2.13. The van der Waals surface area contributed by atoms with Gasteiger partial charge < -0.3 is 20.8 Å². The molecule has 4 N–H and O–H groups in total. The van der Waals surface area contributed by atoms with Gasteiger partial charge in [-0.3, -0.25) is 9.59 Å². The third-order valence-electron chi connectivity index (χ3n) is 3.13. The number of ether oxygens (including phenoxy) is 1. The Morgan fingerprint density at radius 3 is 2.84 bits per heavy atom. The van der Waals surface area contributed by atoms with E-state index < -0.39 is 5.97 Å². The Bertz CT molecular complexity index is 822. The van der Waals surface area contributed by atoms with Crippen LogP contribution < -0.4 is 16.6 Å². The number of aromatic amines is 1. The summed E-state index contributed by atoms with van der Waals surface area (Å²) in [5, 5.41) is 3.12. The highest BCUT2D eigenvalue weighted by molar-refractivity contribution is 7.99. The van der Waals surface area contributed by atoms with E-state index in [0.29, 0.717) is 28.6 Å². The summed E-state index contributed by atoms with van der Waals surface area (Å²) in [5.41, 5.74) is 5.90. The van der Waals surface area contributed by atoms with E-state index in [1.54, 1.807) is 24.3 Å². The monoisotopic (exact) mass is 362 g/mol. The van der Waals surface area contributed by atoms with Gasteiger partial charge in [-0.05, 0) is 18.6 Å². The molecule has 25 heavy (non-hydrogen) atoms. The van der Waals surface area contributed by atoms with E-state index in [1.807, 2.05) is 0 Å². The highest BCUT2D eigenvalue weighted by atomic mass is 32.2. The summed E-state index contributed by atoms with van der Waals surface area (Å²) in [6, 6.07) is 7.84. The largest absolute Gasteiger partial charge is 0.465 e. The number of nitrogens with one attached hydrogen (secondary N) is 2. The second-order valence-electron chi connectivity index (χ2n) is 5.01. The SMILES string of the molecule is COC(=O)c1ccccc1NC(=O)CCCSc1nc(N)cc(=O)[nH]1. The van der Waals surface area contributed by atoms with Gasteiger partial charge in [0.25, 0.3) is 5.56 Å². The summed E-state index contributed by atoms with van der Waals surface area (Å²) in [5.74, 6) is 0.0101. The number of esters is 1. The van der Waals surface area contributed by atoms with Crippen molar-refractivity contribution in [2.24, 2.45) is 0 Å². The molecule has 0 saturated heterocycles. The lowest BCUT2D eigenvalue weighted by molar-refractivity contribution is -0.116. The summed E-state index contributed by atoms with van der Waals surface area (Å²) in [6.07, 6.45) is 0.824. The van der Waals surface area contributed by atoms with Crippen LogP contribution in [0.3, 0.4) is 0 Å². The predicted molar refractivity (Wildman–Crippen MR) is 95.6 cm³/mol. The Kier molecular flexibility index (Phi) is 6.58. The number of nitrogen functional groups attached to an aromatic ring is 1. The number of nitrogens with two attached hydrogens (primary N) is 1. The molecule has 1 heterocycles. The molecular formula is C16H18N4O4S. The van der Waals surface area contributed by atoms with Crippen LogP contribution in [0.4, 0.5) is 11.5 Å². The first-order valence-electron chi connectivity index (χ1n) is 7.46. The molecular weight excluding hydrogens is 344 g/mol. The number of methoxy groups -OCH3 is 1. The summed E-state index contributed by atoms with van der Waals surface area (Å²) < 4.78 is 4.69. The number of anilines is 2. The van der Waals surface area contributed by atoms with Gasteiger partial charge in [-0.15, -0.1) is 0 Å². The standard InChI is InChI=1S/C16H18N4O4S/c1-24-15(23)10-5-2-3-6-11(10)18-13(21)7-4-8-25-16-19-12(17)9-14(22)20-16/h2-3,5-6,9H,4,7-8H2,1H3,(H,18,21)(H3,17,19,20,22). The zero-order valence-corrected chi connectivity index (χ0v) is 14.4. The molecule has 0 bridgehead atoms. The first-order valence-corrected chi connectivity index (χ1v) is 8.45. The fourth-order valence-electron chi connectivity index (χ4n) is 2.02. The Morgan fingerprint density at radius 2 is 2.12 bits per heavy atom. The molecule has 0 fully saturated rings. The Hall–Kier alpha value is -2.81. The summed E-state index contributed by atoms with van der Waals surface area (Å²) in [4.78, 5) is 41.5. The molecule has 2 aromatic rings. The highest BCUT2D eigenvalue weighted by Crippen LogP contribution is 2.17. The van der Waals surface area contributed by atoms with Gasteiger partial charge in [0.2, 0.25) is 5.91 Å². The van der Waals surface area contributed by atoms with E-state index in [9.17, 15) is 14.4 Å². The first kappa shape index (κ1) is 18.5. The van der Waals surface area contributed by atoms with Gasteiger partial charge in [0, 0.05) is 18.2 Å². The zero-order valence-electron chi connectivity index (χ0n) is 13.6. The van der Waals surface area contributed by atoms with Gasteiger partial charge in [-0.1, -0.05) is 23.9 Å². The molecule has 0 aliphatic carbocycles. The fourth-order valence-corrected chi connectivity index (χ4v) is 2.84. The molecule has 0 saturated carbocycles. The second-order valence-corrected chi connectivity index (χ2v) is 6.10. The molecule has 2 rings (SSSR count). The molecule has 0 atom stereocenters. The lowest BCUT2D eigenvalue weighted by Crippen LogP contribution is -2.15. The Balaban J connectivity index is 1.83. The molecule has 8 nitrogen and oxygen atoms in total. The van der Waals surface area contributed by atoms with E-state index >= 15 is 0 Å². The first-order chi connectivity index (χ1) is 12.0. The van der Waals surface area contributed by atoms with Crippen molar-refractivity contribution in [2.75, 3.05) is 23.9 Å². The van der Waals surface area contributed by atoms with Crippen molar-refractivity contribution in [2.45, 2.75) is 18.0 Å². The number of para-hydroxylation sites is 1. The maximum atomic E-state index is 12.0. The number of thioether (sulfide) groups is 1. The van der Waals surface area contributed by atoms with Crippen molar-refractivity contribution in [1.29, 1.82) is 0 Å². The molecule has 0 aliphatic rings. The van der Waals surface area contributed by atoms with Crippen LogP contribution in [-0.4, -0.2) is 34.7 Å². The maximum absolute atomic E-state index is 12.0. The third kappa shape index (κ3) is 5.64. The lowest BCUT2D eigenvalue weighted by atomic mass is 10.1. The van der Waals surface area contributed by atoms with E-state index in [0.717, 1.165) is 0 Å². The van der Waals surface area contributed by atoms with Crippen molar-refractivity contribution >= 4 is 35.1 Å². The summed E-state index contributed by atoms with van der Waals surface area (Å²) in [6.45, 7) is 0. The molecule has 1 aromatic heterocycles. The van der Waals surface area contributed by atoms with Gasteiger partial charge in [0.1, 0.15) is 5.82 Å². The molecule has 1 aromatic carbocycles. The van der Waals surface area contributed by atoms with Crippen LogP contribution >= 0.6 is 11.8 Å². The number of H-pyrrole nitrogens is 1. The lowest BCUT2D eigenvalue weighted by Gasteiger charge is -2.09. The Morgan fingerprint density at radius 1 is 1.36 bits per heavy atom. The number of hydrogen-bond donors (Lipinski definition) is 3. The van der Waals surface area contributed by atoms with Gasteiger partial charge >= 0.3 is 5.97 Å². The number of amides is 1. The average Bonchev–Trinajstić information content (AvgIpc) is 2.58. The van der Waals surface area contributed by atoms with E-state index in [-0.39, 0.29) is 23.7 Å². The number of carbonyl (C=O) groups excluding carboxylic acids is 2. The minimum atomic E-state index is -0.511. The topological polar surface area (TPSA) is 127 Å². The minimum Gasteiger partial charge on any atom is -0.465 e. The number of aromatic nitrogens is 2. The van der Waals surface area contributed by atoms with E-state index in [1.165, 1.54) is 24.9 Å². The van der Waals surface area contributed by atoms with Crippen LogP contribution in [0, 0.1) is 0 Å². The van der Waals surface area contributed by atoms with Crippen LogP contribution in [0.25, 0.3) is 0 Å². The number of carbonyl (C=O) groups is 2. The average molecular weight is 362 g/mol. The molecule has 1 amide bonds. The fraction of sp³-hybridized carbons (Fsp3) is 0.250. The third-order valence-corrected chi connectivity index (χ3v) is 4.09. The van der Waals surface area contributed by atoms with Crippen molar-refractivity contribution in [3.05, 3.63) is 46.2 Å². The van der Waals surface area contributed by atoms with Crippen molar-refractivity contribution < 1.29 is 14.3 Å². The summed E-state index contributed by atoms with van der Waals surface area (Å²) >= 11 is 1.31. The maximum Gasteiger partial charge on any atom is 0.339 e. The quantitative estimate of drug-likeness (QED) is 0.296. The van der Waals surface area contributed by atoms with Crippen molar-refractivity contribution in [3.8, 4) is 0 Å². The van der Waals surface area contributed by atoms with Crippen LogP contribution in [0.15, 0.2) is 40.3 Å². The second kappa shape index (κ2) is 8.88. The summed E-state index contributed by atoms with van der Waals surface area (Å²) in [7, 11) is 1.28. The minimum absolute atomic E-state index is 0.156. The predicted octanol–water partition coefficient (Wildman–Crippen LogP) is 1.65. The van der Waals surface area contributed by atoms with Gasteiger partial charge in [0.15, 0.2) is 5.16 Å². The van der Waals surface area contributed by atoms with Crippen LogP contribution in [0.5, 0.6) is 0 Å². The molecule has 132 valence electrons. The van der Waals surface area contributed by atoms with Gasteiger partial charge in [-0.2, -0.15) is 0 Å². The molecule has 0 unspecified atom stereocenters. The number of rotatable bonds is 7. The smallest absolute Gasteiger partial charge is 0.339 e. The normalized spacial score (nSPS) is 10.3. The number of benzene rings is 1. The molecule has 0 aliphatic heterocycles. The van der Waals surface area contributed by atoms with E-state index in [4.69, 9.17) is 5.73 Å².